The lowest BCUT2D eigenvalue weighted by atomic mass is 9.99. The Morgan fingerprint density at radius 2 is 0.907 bits per heavy atom. The molecule has 75 heavy (non-hydrogen) atoms. The molecule has 0 aliphatic carbocycles. The molecule has 7 unspecified atom stereocenters. The van der Waals surface area contributed by atoms with Crippen molar-refractivity contribution in [2.75, 3.05) is 19.8 Å². The van der Waals surface area contributed by atoms with Crippen molar-refractivity contribution in [1.82, 2.24) is 5.32 Å². The number of aliphatic hydroxyl groups is 5. The third-order valence-electron chi connectivity index (χ3n) is 14.7. The second kappa shape index (κ2) is 53.6. The van der Waals surface area contributed by atoms with E-state index in [0.717, 1.165) is 83.5 Å². The minimum absolute atomic E-state index is 0.00267. The molecule has 0 aromatic carbocycles. The van der Waals surface area contributed by atoms with Crippen LogP contribution in [-0.2, 0) is 23.8 Å². The van der Waals surface area contributed by atoms with E-state index in [1.54, 1.807) is 6.08 Å². The van der Waals surface area contributed by atoms with Crippen LogP contribution in [0.5, 0.6) is 0 Å². The first kappa shape index (κ1) is 70.6. The Balaban J connectivity index is 2.05. The second-order valence-electron chi connectivity index (χ2n) is 21.8. The maximum absolute atomic E-state index is 13.0. The molecule has 1 amide bonds. The van der Waals surface area contributed by atoms with E-state index in [1.165, 1.54) is 173 Å². The number of hydrogen-bond acceptors (Lipinski definition) is 10. The number of allylic oxidation sites excluding steroid dienone is 7. The smallest absolute Gasteiger partial charge is 0.305 e. The van der Waals surface area contributed by atoms with Crippen molar-refractivity contribution in [2.45, 2.75) is 326 Å². The van der Waals surface area contributed by atoms with Crippen molar-refractivity contribution >= 4 is 11.9 Å². The van der Waals surface area contributed by atoms with Crippen LogP contribution in [0.3, 0.4) is 0 Å². The molecule has 11 nitrogen and oxygen atoms in total. The van der Waals surface area contributed by atoms with Crippen molar-refractivity contribution in [3.8, 4) is 0 Å². The van der Waals surface area contributed by atoms with Gasteiger partial charge >= 0.3 is 5.97 Å². The molecule has 1 aliphatic rings. The maximum Gasteiger partial charge on any atom is 0.305 e. The molecule has 1 heterocycles. The summed E-state index contributed by atoms with van der Waals surface area (Å²) in [7, 11) is 0. The molecule has 7 atom stereocenters. The van der Waals surface area contributed by atoms with E-state index < -0.39 is 49.5 Å². The number of carbonyl (C=O) groups excluding carboxylic acids is 2. The number of nitrogens with one attached hydrogen (secondary N) is 1. The number of unbranched alkanes of at least 4 members (excludes halogenated alkanes) is 34. The Morgan fingerprint density at radius 3 is 1.40 bits per heavy atom. The molecule has 0 spiro atoms. The largest absolute Gasteiger partial charge is 0.466 e. The van der Waals surface area contributed by atoms with Crippen LogP contribution in [0.2, 0.25) is 0 Å². The quantitative estimate of drug-likeness (QED) is 0.0195. The van der Waals surface area contributed by atoms with E-state index in [-0.39, 0.29) is 18.5 Å². The topological polar surface area (TPSA) is 175 Å². The highest BCUT2D eigenvalue weighted by atomic mass is 16.7. The molecule has 1 saturated heterocycles. The highest BCUT2D eigenvalue weighted by molar-refractivity contribution is 5.76. The highest BCUT2D eigenvalue weighted by Crippen LogP contribution is 2.23. The number of aliphatic hydroxyl groups excluding tert-OH is 5. The molecule has 1 rings (SSSR count). The summed E-state index contributed by atoms with van der Waals surface area (Å²) in [5.41, 5.74) is 0. The minimum atomic E-state index is -1.58. The third kappa shape index (κ3) is 43.2. The Kier molecular flexibility index (Phi) is 50.5. The first-order chi connectivity index (χ1) is 36.7. The maximum atomic E-state index is 13.0. The van der Waals surface area contributed by atoms with Crippen LogP contribution in [0.15, 0.2) is 48.6 Å². The molecule has 6 N–H and O–H groups in total. The molecular weight excluding hydrogens is 943 g/mol. The van der Waals surface area contributed by atoms with E-state index in [2.05, 4.69) is 55.6 Å². The summed E-state index contributed by atoms with van der Waals surface area (Å²) >= 11 is 0. The van der Waals surface area contributed by atoms with Gasteiger partial charge in [0.25, 0.3) is 0 Å². The summed E-state index contributed by atoms with van der Waals surface area (Å²) in [5.74, 6) is -0.202. The number of hydrogen-bond donors (Lipinski definition) is 6. The number of rotatable bonds is 54. The normalized spacial score (nSPS) is 19.1. The van der Waals surface area contributed by atoms with Crippen LogP contribution in [-0.4, -0.2) is 100 Å². The van der Waals surface area contributed by atoms with E-state index in [0.29, 0.717) is 19.4 Å². The van der Waals surface area contributed by atoms with Gasteiger partial charge in [-0.15, -0.1) is 0 Å². The average molecular weight is 1060 g/mol. The predicted molar refractivity (Wildman–Crippen MR) is 310 cm³/mol. The van der Waals surface area contributed by atoms with Crippen LogP contribution < -0.4 is 5.32 Å². The standard InChI is InChI=1S/C64H117NO10/c1-3-5-7-9-11-13-30-34-38-42-46-50-57(67)56(55-74-64-63(72)62(71)61(70)58(54-66)75-64)65-59(68)51-47-43-39-35-32-28-26-24-22-20-18-16-15-17-19-21-23-25-27-29-33-37-41-45-49-53-73-60(69)52-48-44-40-36-31-14-12-10-8-6-4-2/h16-19,30,34,46,50,56-58,61-64,66-67,70-72H,3-15,20-29,31-33,35-45,47-49,51-55H2,1-2H3,(H,65,68)/b18-16-,19-17-,34-30+,50-46+. The molecular formula is C64H117NO10. The van der Waals surface area contributed by atoms with Crippen LogP contribution in [0.25, 0.3) is 0 Å². The first-order valence-corrected chi connectivity index (χ1v) is 31.4. The molecule has 1 aliphatic heterocycles. The van der Waals surface area contributed by atoms with Crippen molar-refractivity contribution < 1.29 is 49.3 Å². The SMILES string of the molecule is CCCCCCC/C=C/CC/C=C/C(O)C(COC1OC(CO)C(O)C(O)C1O)NC(=O)CCCCCCCCCCC/C=C\C/C=C\CCCCCCCCCCCOC(=O)CCCCCCCCCCCCC. The first-order valence-electron chi connectivity index (χ1n) is 31.4. The van der Waals surface area contributed by atoms with Gasteiger partial charge in [-0.2, -0.15) is 0 Å². The van der Waals surface area contributed by atoms with Crippen molar-refractivity contribution in [1.29, 1.82) is 0 Å². The number of esters is 1. The van der Waals surface area contributed by atoms with Crippen molar-refractivity contribution in [3.05, 3.63) is 48.6 Å². The summed E-state index contributed by atoms with van der Waals surface area (Å²) in [6.45, 7) is 4.30. The molecule has 0 aromatic rings. The zero-order valence-corrected chi connectivity index (χ0v) is 48.3. The second-order valence-corrected chi connectivity index (χ2v) is 21.8. The molecule has 0 saturated carbocycles. The van der Waals surface area contributed by atoms with Gasteiger partial charge in [0, 0.05) is 12.8 Å². The molecule has 0 radical (unpaired) electrons. The third-order valence-corrected chi connectivity index (χ3v) is 14.7. The Bertz CT molecular complexity index is 1390. The van der Waals surface area contributed by atoms with Gasteiger partial charge in [-0.05, 0) is 77.0 Å². The fourth-order valence-electron chi connectivity index (χ4n) is 9.66. The van der Waals surface area contributed by atoms with Gasteiger partial charge < -0.3 is 45.1 Å². The van der Waals surface area contributed by atoms with E-state index in [9.17, 15) is 35.1 Å². The van der Waals surface area contributed by atoms with Crippen LogP contribution in [0, 0.1) is 0 Å². The molecule has 1 fully saturated rings. The van der Waals surface area contributed by atoms with Gasteiger partial charge in [0.1, 0.15) is 24.4 Å². The summed E-state index contributed by atoms with van der Waals surface area (Å²) in [5, 5.41) is 54.3. The monoisotopic (exact) mass is 1060 g/mol. The Morgan fingerprint density at radius 1 is 0.493 bits per heavy atom. The lowest BCUT2D eigenvalue weighted by Gasteiger charge is -2.40. The van der Waals surface area contributed by atoms with Gasteiger partial charge in [-0.1, -0.05) is 242 Å². The number of ether oxygens (including phenoxy) is 3. The zero-order valence-electron chi connectivity index (χ0n) is 48.3. The number of carbonyl (C=O) groups is 2. The summed E-state index contributed by atoms with van der Waals surface area (Å²) in [6, 6.07) is -0.832. The van der Waals surface area contributed by atoms with Gasteiger partial charge in [0.15, 0.2) is 6.29 Å². The summed E-state index contributed by atoms with van der Waals surface area (Å²) in [4.78, 5) is 25.0. The van der Waals surface area contributed by atoms with E-state index in [1.807, 2.05) is 6.08 Å². The molecule has 438 valence electrons. The van der Waals surface area contributed by atoms with Crippen molar-refractivity contribution in [3.63, 3.8) is 0 Å². The summed E-state index contributed by atoms with van der Waals surface area (Å²) < 4.78 is 16.7. The number of amides is 1. The van der Waals surface area contributed by atoms with Crippen LogP contribution in [0.4, 0.5) is 0 Å². The van der Waals surface area contributed by atoms with Gasteiger partial charge in [-0.25, -0.2) is 0 Å². The summed E-state index contributed by atoms with van der Waals surface area (Å²) in [6.07, 6.45) is 57.9. The fourth-order valence-corrected chi connectivity index (χ4v) is 9.66. The van der Waals surface area contributed by atoms with E-state index in [4.69, 9.17) is 14.2 Å². The fraction of sp³-hybridized carbons (Fsp3) is 0.844. The predicted octanol–water partition coefficient (Wildman–Crippen LogP) is 14.8. The lowest BCUT2D eigenvalue weighted by Crippen LogP contribution is -2.60. The lowest BCUT2D eigenvalue weighted by molar-refractivity contribution is -0.302. The minimum Gasteiger partial charge on any atom is -0.466 e. The van der Waals surface area contributed by atoms with Crippen LogP contribution in [0.1, 0.15) is 284 Å². The molecule has 11 heteroatoms. The molecule has 0 bridgehead atoms. The Labute approximate surface area is 459 Å². The average Bonchev–Trinajstić information content (AvgIpc) is 3.41. The van der Waals surface area contributed by atoms with Gasteiger partial charge in [-0.3, -0.25) is 9.59 Å². The van der Waals surface area contributed by atoms with Gasteiger partial charge in [0.2, 0.25) is 5.91 Å². The highest BCUT2D eigenvalue weighted by Gasteiger charge is 2.44. The van der Waals surface area contributed by atoms with Gasteiger partial charge in [0.05, 0.1) is 32.0 Å². The zero-order chi connectivity index (χ0) is 54.5. The Hall–Kier alpha value is -2.38. The molecule has 0 aromatic heterocycles. The van der Waals surface area contributed by atoms with Crippen molar-refractivity contribution in [2.24, 2.45) is 0 Å². The van der Waals surface area contributed by atoms with Crippen LogP contribution >= 0.6 is 0 Å². The van der Waals surface area contributed by atoms with E-state index >= 15 is 0 Å².